The van der Waals surface area contributed by atoms with E-state index in [-0.39, 0.29) is 5.91 Å². The van der Waals surface area contributed by atoms with Gasteiger partial charge in [-0.15, -0.1) is 0 Å². The number of ether oxygens (including phenoxy) is 2. The van der Waals surface area contributed by atoms with Crippen LogP contribution >= 0.6 is 0 Å². The van der Waals surface area contributed by atoms with Crippen molar-refractivity contribution in [3.05, 3.63) is 66.1 Å². The first-order chi connectivity index (χ1) is 13.6. The summed E-state index contributed by atoms with van der Waals surface area (Å²) >= 11 is 0. The molecule has 0 aliphatic rings. The number of carbonyl (C=O) groups is 1. The van der Waals surface area contributed by atoms with Gasteiger partial charge in [0.25, 0.3) is 0 Å². The van der Waals surface area contributed by atoms with Crippen molar-refractivity contribution in [2.45, 2.75) is 6.54 Å². The molecule has 144 valence electrons. The van der Waals surface area contributed by atoms with Gasteiger partial charge in [0.05, 0.1) is 26.1 Å². The van der Waals surface area contributed by atoms with Crippen LogP contribution in [0.25, 0.3) is 17.3 Å². The van der Waals surface area contributed by atoms with Crippen LogP contribution < -0.4 is 14.8 Å². The highest BCUT2D eigenvalue weighted by molar-refractivity contribution is 5.91. The van der Waals surface area contributed by atoms with Gasteiger partial charge in [-0.25, -0.2) is 0 Å². The van der Waals surface area contributed by atoms with Gasteiger partial charge in [-0.1, -0.05) is 12.1 Å². The summed E-state index contributed by atoms with van der Waals surface area (Å²) in [5, 5.41) is 7.07. The quantitative estimate of drug-likeness (QED) is 0.640. The molecule has 0 spiro atoms. The van der Waals surface area contributed by atoms with Crippen LogP contribution in [0.3, 0.4) is 0 Å². The lowest BCUT2D eigenvalue weighted by Crippen LogP contribution is -2.20. The first-order valence-corrected chi connectivity index (χ1v) is 8.71. The van der Waals surface area contributed by atoms with Crippen molar-refractivity contribution in [2.75, 3.05) is 14.2 Å². The topological polar surface area (TPSA) is 78.3 Å². The van der Waals surface area contributed by atoms with Gasteiger partial charge in [-0.05, 0) is 35.4 Å². The molecule has 1 amide bonds. The summed E-state index contributed by atoms with van der Waals surface area (Å²) in [6.07, 6.45) is 8.59. The minimum Gasteiger partial charge on any atom is -0.493 e. The number of aromatic nitrogens is 3. The molecule has 7 nitrogen and oxygen atoms in total. The fourth-order valence-corrected chi connectivity index (χ4v) is 2.75. The van der Waals surface area contributed by atoms with Crippen molar-refractivity contribution in [1.29, 1.82) is 0 Å². The monoisotopic (exact) mass is 378 g/mol. The van der Waals surface area contributed by atoms with Crippen molar-refractivity contribution >= 4 is 12.0 Å². The van der Waals surface area contributed by atoms with E-state index < -0.39 is 0 Å². The Bertz CT molecular complexity index is 995. The van der Waals surface area contributed by atoms with Crippen LogP contribution in [-0.2, 0) is 18.4 Å². The van der Waals surface area contributed by atoms with Gasteiger partial charge < -0.3 is 14.8 Å². The maximum Gasteiger partial charge on any atom is 0.244 e. The van der Waals surface area contributed by atoms with E-state index in [4.69, 9.17) is 9.47 Å². The molecule has 0 aliphatic carbocycles. The molecule has 1 N–H and O–H groups in total. The summed E-state index contributed by atoms with van der Waals surface area (Å²) in [5.41, 5.74) is 3.47. The molecule has 0 aliphatic heterocycles. The fourth-order valence-electron chi connectivity index (χ4n) is 2.75. The molecule has 0 saturated heterocycles. The highest BCUT2D eigenvalue weighted by Crippen LogP contribution is 2.28. The third-order valence-electron chi connectivity index (χ3n) is 4.16. The van der Waals surface area contributed by atoms with E-state index in [0.717, 1.165) is 22.4 Å². The zero-order chi connectivity index (χ0) is 19.9. The van der Waals surface area contributed by atoms with Gasteiger partial charge in [0.1, 0.15) is 0 Å². The Morgan fingerprint density at radius 2 is 2.04 bits per heavy atom. The summed E-state index contributed by atoms with van der Waals surface area (Å²) in [6.45, 7) is 0.368. The molecular formula is C21H22N4O3. The Labute approximate surface area is 163 Å². The number of carbonyl (C=O) groups excluding carboxylic acids is 1. The van der Waals surface area contributed by atoms with E-state index in [1.54, 1.807) is 43.4 Å². The normalized spacial score (nSPS) is 10.8. The number of amides is 1. The summed E-state index contributed by atoms with van der Waals surface area (Å²) in [6, 6.07) is 9.25. The van der Waals surface area contributed by atoms with Gasteiger partial charge >= 0.3 is 0 Å². The van der Waals surface area contributed by atoms with Crippen LogP contribution in [0.1, 0.15) is 11.1 Å². The highest BCUT2D eigenvalue weighted by atomic mass is 16.5. The average Bonchev–Trinajstić information content (AvgIpc) is 3.16. The molecule has 0 radical (unpaired) electrons. The number of hydrogen-bond acceptors (Lipinski definition) is 5. The maximum absolute atomic E-state index is 12.2. The molecule has 0 saturated carbocycles. The lowest BCUT2D eigenvalue weighted by molar-refractivity contribution is -0.116. The Balaban J connectivity index is 1.66. The van der Waals surface area contributed by atoms with Gasteiger partial charge in [-0.2, -0.15) is 5.10 Å². The van der Waals surface area contributed by atoms with Gasteiger partial charge in [0.2, 0.25) is 5.91 Å². The zero-order valence-electron chi connectivity index (χ0n) is 16.0. The molecule has 2 aromatic heterocycles. The SMILES string of the molecule is COc1ccc(/C=C/C(=O)NCc2cccnc2-c2cnn(C)c2)cc1OC. The number of rotatable bonds is 7. The van der Waals surface area contributed by atoms with E-state index in [2.05, 4.69) is 15.4 Å². The molecule has 7 heteroatoms. The smallest absolute Gasteiger partial charge is 0.244 e. The van der Waals surface area contributed by atoms with Crippen molar-refractivity contribution in [2.24, 2.45) is 7.05 Å². The number of nitrogens with one attached hydrogen (secondary N) is 1. The predicted octanol–water partition coefficient (Wildman–Crippen LogP) is 2.83. The number of pyridine rings is 1. The second kappa shape index (κ2) is 8.85. The predicted molar refractivity (Wildman–Crippen MR) is 107 cm³/mol. The maximum atomic E-state index is 12.2. The van der Waals surface area contributed by atoms with E-state index >= 15 is 0 Å². The van der Waals surface area contributed by atoms with E-state index in [9.17, 15) is 4.79 Å². The Hall–Kier alpha value is -3.61. The van der Waals surface area contributed by atoms with Crippen molar-refractivity contribution in [3.8, 4) is 22.8 Å². The number of hydrogen-bond donors (Lipinski definition) is 1. The molecule has 2 heterocycles. The Morgan fingerprint density at radius 3 is 2.75 bits per heavy atom. The number of benzene rings is 1. The van der Waals surface area contributed by atoms with Crippen LogP contribution in [0, 0.1) is 0 Å². The van der Waals surface area contributed by atoms with E-state index in [0.29, 0.717) is 18.0 Å². The minimum absolute atomic E-state index is 0.198. The molecule has 28 heavy (non-hydrogen) atoms. The third-order valence-corrected chi connectivity index (χ3v) is 4.16. The van der Waals surface area contributed by atoms with Crippen LogP contribution in [0.4, 0.5) is 0 Å². The molecule has 1 aromatic carbocycles. The summed E-state index contributed by atoms with van der Waals surface area (Å²) in [4.78, 5) is 16.6. The number of methoxy groups -OCH3 is 2. The van der Waals surface area contributed by atoms with E-state index in [1.165, 1.54) is 6.08 Å². The average molecular weight is 378 g/mol. The van der Waals surface area contributed by atoms with E-state index in [1.807, 2.05) is 37.5 Å². The first kappa shape index (κ1) is 19.2. The van der Waals surface area contributed by atoms with Gasteiger partial charge in [-0.3, -0.25) is 14.5 Å². The van der Waals surface area contributed by atoms with Crippen molar-refractivity contribution in [3.63, 3.8) is 0 Å². The molecule has 3 aromatic rings. The summed E-state index contributed by atoms with van der Waals surface area (Å²) < 4.78 is 12.2. The third kappa shape index (κ3) is 4.56. The lowest BCUT2D eigenvalue weighted by atomic mass is 10.1. The molecule has 3 rings (SSSR count). The summed E-state index contributed by atoms with van der Waals surface area (Å²) in [5.74, 6) is 1.06. The van der Waals surface area contributed by atoms with Crippen molar-refractivity contribution in [1.82, 2.24) is 20.1 Å². The number of aryl methyl sites for hydroxylation is 1. The molecule has 0 fully saturated rings. The number of nitrogens with zero attached hydrogens (tertiary/aromatic N) is 3. The first-order valence-electron chi connectivity index (χ1n) is 8.71. The highest BCUT2D eigenvalue weighted by Gasteiger charge is 2.09. The van der Waals surface area contributed by atoms with Crippen molar-refractivity contribution < 1.29 is 14.3 Å². The van der Waals surface area contributed by atoms with Crippen LogP contribution in [0.15, 0.2) is 55.0 Å². The van der Waals surface area contributed by atoms with Gasteiger partial charge in [0, 0.05) is 37.6 Å². The summed E-state index contributed by atoms with van der Waals surface area (Å²) in [7, 11) is 5.01. The second-order valence-corrected chi connectivity index (χ2v) is 6.08. The largest absolute Gasteiger partial charge is 0.493 e. The standard InChI is InChI=1S/C21H22N4O3/c1-25-14-17(13-24-25)21-16(5-4-10-22-21)12-23-20(26)9-7-15-6-8-18(27-2)19(11-15)28-3/h4-11,13-14H,12H2,1-3H3,(H,23,26)/b9-7+. The van der Waals surface area contributed by atoms with Crippen LogP contribution in [0.5, 0.6) is 11.5 Å². The van der Waals surface area contributed by atoms with Crippen LogP contribution in [-0.4, -0.2) is 34.9 Å². The fraction of sp³-hybridized carbons (Fsp3) is 0.190. The second-order valence-electron chi connectivity index (χ2n) is 6.08. The Kier molecular flexibility index (Phi) is 6.06. The zero-order valence-corrected chi connectivity index (χ0v) is 16.0. The van der Waals surface area contributed by atoms with Gasteiger partial charge in [0.15, 0.2) is 11.5 Å². The minimum atomic E-state index is -0.198. The lowest BCUT2D eigenvalue weighted by Gasteiger charge is -2.08. The molecule has 0 unspecified atom stereocenters. The Morgan fingerprint density at radius 1 is 1.21 bits per heavy atom. The van der Waals surface area contributed by atoms with Crippen LogP contribution in [0.2, 0.25) is 0 Å². The molecule has 0 atom stereocenters. The molecular weight excluding hydrogens is 356 g/mol. The molecule has 0 bridgehead atoms.